The third-order valence-electron chi connectivity index (χ3n) is 4.15. The van der Waals surface area contributed by atoms with Crippen molar-refractivity contribution in [2.24, 2.45) is 0 Å². The largest absolute Gasteiger partial charge is 0.355 e. The van der Waals surface area contributed by atoms with E-state index < -0.39 is 0 Å². The summed E-state index contributed by atoms with van der Waals surface area (Å²) in [5.41, 5.74) is 4.49. The van der Waals surface area contributed by atoms with E-state index in [1.54, 1.807) is 13.1 Å². The zero-order valence-corrected chi connectivity index (χ0v) is 14.4. The molecule has 0 fully saturated rings. The lowest BCUT2D eigenvalue weighted by molar-refractivity contribution is -0.469. The molecule has 7 heteroatoms. The summed E-state index contributed by atoms with van der Waals surface area (Å²) < 4.78 is 1.95. The number of hydrogen-bond donors (Lipinski definition) is 2. The van der Waals surface area contributed by atoms with Crippen molar-refractivity contribution in [1.82, 2.24) is 20.5 Å². The molecule has 0 saturated carbocycles. The third-order valence-corrected chi connectivity index (χ3v) is 4.48. The minimum atomic E-state index is -0.154. The number of halogens is 1. The predicted octanol–water partition coefficient (Wildman–Crippen LogP) is 2.69. The molecular weight excluding hydrogens is 338 g/mol. The van der Waals surface area contributed by atoms with Crippen molar-refractivity contribution < 1.29 is 9.20 Å². The van der Waals surface area contributed by atoms with Gasteiger partial charge in [-0.2, -0.15) is 4.40 Å². The Morgan fingerprint density at radius 3 is 2.80 bits per heavy atom. The van der Waals surface area contributed by atoms with Gasteiger partial charge in [0.1, 0.15) is 16.7 Å². The standard InChI is InChI=1S/C18H14ClN5O/c1-10-16-22-23-17(12-5-3-4-6-13(12)19)24(16)15-9-11(18(25)20-2)7-8-14(15)21-10/h3-9H,1-2H3,(H,20,25)/p+1. The van der Waals surface area contributed by atoms with Crippen molar-refractivity contribution >= 4 is 34.2 Å². The molecule has 0 bridgehead atoms. The van der Waals surface area contributed by atoms with Crippen LogP contribution in [0, 0.1) is 6.92 Å². The minimum Gasteiger partial charge on any atom is -0.355 e. The number of benzene rings is 2. The summed E-state index contributed by atoms with van der Waals surface area (Å²) in [7, 11) is 1.61. The van der Waals surface area contributed by atoms with Crippen LogP contribution in [0.2, 0.25) is 5.02 Å². The fourth-order valence-electron chi connectivity index (χ4n) is 2.93. The van der Waals surface area contributed by atoms with E-state index in [9.17, 15) is 4.79 Å². The number of aryl methyl sites for hydroxylation is 1. The zero-order valence-electron chi connectivity index (χ0n) is 13.7. The number of H-pyrrole nitrogens is 1. The number of amides is 1. The maximum atomic E-state index is 12.0. The summed E-state index contributed by atoms with van der Waals surface area (Å²) in [6.07, 6.45) is 0. The summed E-state index contributed by atoms with van der Waals surface area (Å²) in [5, 5.41) is 10.7. The van der Waals surface area contributed by atoms with Crippen LogP contribution in [-0.2, 0) is 0 Å². The second-order valence-corrected chi connectivity index (χ2v) is 6.10. The Balaban J connectivity index is 2.12. The molecule has 2 N–H and O–H groups in total. The van der Waals surface area contributed by atoms with Gasteiger partial charge in [-0.15, -0.1) is 5.10 Å². The van der Waals surface area contributed by atoms with Gasteiger partial charge in [-0.25, -0.2) is 4.98 Å². The Morgan fingerprint density at radius 2 is 2.04 bits per heavy atom. The molecule has 6 nitrogen and oxygen atoms in total. The average molecular weight is 353 g/mol. The van der Waals surface area contributed by atoms with Crippen LogP contribution in [0.25, 0.3) is 28.1 Å². The fourth-order valence-corrected chi connectivity index (χ4v) is 3.15. The molecule has 124 valence electrons. The van der Waals surface area contributed by atoms with Gasteiger partial charge in [0, 0.05) is 17.7 Å². The number of aromatic amines is 1. The van der Waals surface area contributed by atoms with Gasteiger partial charge in [-0.1, -0.05) is 23.7 Å². The molecule has 4 aromatic rings. The topological polar surface area (TPSA) is 74.8 Å². The molecule has 0 unspecified atom stereocenters. The normalized spacial score (nSPS) is 11.2. The maximum absolute atomic E-state index is 12.0. The van der Waals surface area contributed by atoms with Crippen LogP contribution in [0.1, 0.15) is 16.1 Å². The van der Waals surface area contributed by atoms with Gasteiger partial charge in [-0.3, -0.25) is 4.79 Å². The monoisotopic (exact) mass is 352 g/mol. The van der Waals surface area contributed by atoms with Crippen molar-refractivity contribution in [3.8, 4) is 11.4 Å². The van der Waals surface area contributed by atoms with Crippen LogP contribution in [-0.4, -0.2) is 28.1 Å². The lowest BCUT2D eigenvalue weighted by Crippen LogP contribution is -2.26. The number of hydrogen-bond acceptors (Lipinski definition) is 3. The van der Waals surface area contributed by atoms with E-state index in [1.807, 2.05) is 47.7 Å². The highest BCUT2D eigenvalue weighted by molar-refractivity contribution is 6.33. The molecule has 0 radical (unpaired) electrons. The Hall–Kier alpha value is -2.99. The van der Waals surface area contributed by atoms with E-state index in [4.69, 9.17) is 11.6 Å². The number of rotatable bonds is 2. The van der Waals surface area contributed by atoms with Crippen LogP contribution in [0.15, 0.2) is 42.5 Å². The van der Waals surface area contributed by atoms with Gasteiger partial charge < -0.3 is 5.32 Å². The number of carbonyl (C=O) groups is 1. The SMILES string of the molecule is CNC(=O)c1ccc2nc(C)c3[nH]nc(-c4ccccc4Cl)[n+]3c2c1. The van der Waals surface area contributed by atoms with Gasteiger partial charge >= 0.3 is 5.82 Å². The first kappa shape index (κ1) is 15.5. The van der Waals surface area contributed by atoms with Gasteiger partial charge in [0.05, 0.1) is 10.6 Å². The van der Waals surface area contributed by atoms with Gasteiger partial charge in [0.15, 0.2) is 0 Å². The number of carbonyl (C=O) groups excluding carboxylic acids is 1. The van der Waals surface area contributed by atoms with E-state index in [1.165, 1.54) is 0 Å². The van der Waals surface area contributed by atoms with Crippen LogP contribution in [0.4, 0.5) is 0 Å². The zero-order chi connectivity index (χ0) is 17.6. The Morgan fingerprint density at radius 1 is 1.24 bits per heavy atom. The second kappa shape index (κ2) is 5.82. The molecule has 25 heavy (non-hydrogen) atoms. The van der Waals surface area contributed by atoms with E-state index in [0.717, 1.165) is 27.9 Å². The summed E-state index contributed by atoms with van der Waals surface area (Å²) in [6, 6.07) is 12.9. The van der Waals surface area contributed by atoms with Crippen LogP contribution in [0.3, 0.4) is 0 Å². The molecule has 0 aliphatic rings. The third kappa shape index (κ3) is 2.42. The predicted molar refractivity (Wildman–Crippen MR) is 95.6 cm³/mol. The number of nitrogens with zero attached hydrogens (tertiary/aromatic N) is 3. The van der Waals surface area contributed by atoms with Crippen molar-refractivity contribution in [1.29, 1.82) is 0 Å². The van der Waals surface area contributed by atoms with Crippen LogP contribution >= 0.6 is 11.6 Å². The first-order valence-corrected chi connectivity index (χ1v) is 8.15. The molecule has 2 aromatic heterocycles. The average Bonchev–Trinajstić information content (AvgIpc) is 3.07. The smallest absolute Gasteiger partial charge is 0.315 e. The molecule has 0 saturated heterocycles. The molecule has 1 amide bonds. The molecule has 2 heterocycles. The second-order valence-electron chi connectivity index (χ2n) is 5.69. The molecule has 2 aromatic carbocycles. The van der Waals surface area contributed by atoms with Gasteiger partial charge in [0.2, 0.25) is 0 Å². The van der Waals surface area contributed by atoms with Gasteiger partial charge in [-0.05, 0) is 37.3 Å². The summed E-state index contributed by atoms with van der Waals surface area (Å²) in [6.45, 7) is 1.91. The van der Waals surface area contributed by atoms with Crippen molar-refractivity contribution in [3.63, 3.8) is 0 Å². The molecule has 0 aliphatic heterocycles. The molecule has 0 atom stereocenters. The van der Waals surface area contributed by atoms with Crippen LogP contribution < -0.4 is 9.72 Å². The van der Waals surface area contributed by atoms with E-state index in [0.29, 0.717) is 16.4 Å². The maximum Gasteiger partial charge on any atom is 0.315 e. The minimum absolute atomic E-state index is 0.154. The lowest BCUT2D eigenvalue weighted by atomic mass is 10.1. The number of aromatic nitrogens is 4. The highest BCUT2D eigenvalue weighted by Gasteiger charge is 2.23. The number of fused-ring (bicyclic) bond motifs is 3. The van der Waals surface area contributed by atoms with Crippen LogP contribution in [0.5, 0.6) is 0 Å². The Kier molecular flexibility index (Phi) is 3.62. The van der Waals surface area contributed by atoms with Crippen molar-refractivity contribution in [2.75, 3.05) is 7.05 Å². The van der Waals surface area contributed by atoms with Crippen molar-refractivity contribution in [2.45, 2.75) is 6.92 Å². The summed E-state index contributed by atoms with van der Waals surface area (Å²) in [4.78, 5) is 16.6. The lowest BCUT2D eigenvalue weighted by Gasteiger charge is -2.05. The molecule has 0 aliphatic carbocycles. The fraction of sp³-hybridized carbons (Fsp3) is 0.111. The quantitative estimate of drug-likeness (QED) is 0.545. The van der Waals surface area contributed by atoms with Gasteiger partial charge in [0.25, 0.3) is 11.6 Å². The van der Waals surface area contributed by atoms with E-state index in [2.05, 4.69) is 20.5 Å². The number of nitrogens with one attached hydrogen (secondary N) is 2. The molecule has 0 spiro atoms. The van der Waals surface area contributed by atoms with E-state index in [-0.39, 0.29) is 5.91 Å². The highest BCUT2D eigenvalue weighted by atomic mass is 35.5. The highest BCUT2D eigenvalue weighted by Crippen LogP contribution is 2.25. The first-order valence-electron chi connectivity index (χ1n) is 7.77. The Bertz CT molecular complexity index is 1140. The molecular formula is C18H15ClN5O+. The Labute approximate surface area is 148 Å². The van der Waals surface area contributed by atoms with E-state index >= 15 is 0 Å². The summed E-state index contributed by atoms with van der Waals surface area (Å²) >= 11 is 6.36. The summed E-state index contributed by atoms with van der Waals surface area (Å²) in [5.74, 6) is 0.518. The van der Waals surface area contributed by atoms with Crippen molar-refractivity contribution in [3.05, 3.63) is 58.7 Å². The first-order chi connectivity index (χ1) is 12.1. The molecule has 4 rings (SSSR count).